The van der Waals surface area contributed by atoms with Gasteiger partial charge in [0.25, 0.3) is 5.91 Å². The molecule has 1 amide bonds. The van der Waals surface area contributed by atoms with E-state index >= 15 is 0 Å². The molecule has 0 saturated carbocycles. The molecule has 0 aliphatic rings. The molecule has 0 aliphatic carbocycles. The summed E-state index contributed by atoms with van der Waals surface area (Å²) in [6, 6.07) is 9.27. The Kier molecular flexibility index (Phi) is 6.26. The van der Waals surface area contributed by atoms with Crippen molar-refractivity contribution in [3.8, 4) is 11.5 Å². The van der Waals surface area contributed by atoms with Crippen molar-refractivity contribution in [2.24, 2.45) is 0 Å². The number of likely N-dealkylation sites (N-methyl/N-ethyl adjacent to an activating group) is 1. The highest BCUT2D eigenvalue weighted by molar-refractivity contribution is 5.77. The van der Waals surface area contributed by atoms with Crippen LogP contribution in [0.3, 0.4) is 0 Å². The number of carbonyl (C=O) groups excluding carboxylic acids is 1. The largest absolute Gasteiger partial charge is 0.493 e. The quantitative estimate of drug-likeness (QED) is 0.804. The number of hydrogen-bond donors (Lipinski definition) is 1. The van der Waals surface area contributed by atoms with Gasteiger partial charge in [-0.3, -0.25) is 9.69 Å². The number of rotatable bonds is 8. The topological polar surface area (TPSA) is 63.9 Å². The van der Waals surface area contributed by atoms with Gasteiger partial charge in [-0.2, -0.15) is 0 Å². The van der Waals surface area contributed by atoms with E-state index in [4.69, 9.17) is 13.9 Å². The summed E-state index contributed by atoms with van der Waals surface area (Å²) in [4.78, 5) is 14.0. The number of methoxy groups -OCH3 is 1. The first kappa shape index (κ1) is 17.9. The molecule has 6 nitrogen and oxygen atoms in total. The fourth-order valence-corrected chi connectivity index (χ4v) is 2.32. The fraction of sp³-hybridized carbons (Fsp3) is 0.389. The van der Waals surface area contributed by atoms with Crippen LogP contribution in [0.5, 0.6) is 11.5 Å². The van der Waals surface area contributed by atoms with Crippen LogP contribution in [0.4, 0.5) is 0 Å². The molecule has 0 bridgehead atoms. The molecule has 1 N–H and O–H groups in total. The molecule has 0 spiro atoms. The Morgan fingerprint density at radius 2 is 2.08 bits per heavy atom. The summed E-state index contributed by atoms with van der Waals surface area (Å²) in [5.41, 5.74) is 1.07. The first-order valence-corrected chi connectivity index (χ1v) is 7.75. The van der Waals surface area contributed by atoms with Gasteiger partial charge in [0, 0.05) is 6.54 Å². The molecular weight excluding hydrogens is 308 g/mol. The summed E-state index contributed by atoms with van der Waals surface area (Å²) in [5, 5.41) is 2.87. The molecule has 1 heterocycles. The zero-order chi connectivity index (χ0) is 17.5. The van der Waals surface area contributed by atoms with E-state index in [1.54, 1.807) is 19.4 Å². The number of furan rings is 1. The Bertz CT molecular complexity index is 653. The minimum Gasteiger partial charge on any atom is -0.493 e. The number of aryl methyl sites for hydroxylation is 1. The third-order valence-electron chi connectivity index (χ3n) is 3.67. The van der Waals surface area contributed by atoms with Crippen LogP contribution in [0.15, 0.2) is 41.0 Å². The molecular formula is C18H24N2O4. The van der Waals surface area contributed by atoms with Crippen molar-refractivity contribution in [2.75, 3.05) is 34.4 Å². The van der Waals surface area contributed by atoms with Gasteiger partial charge in [-0.1, -0.05) is 6.07 Å². The molecule has 2 rings (SSSR count). The van der Waals surface area contributed by atoms with Crippen LogP contribution in [0.2, 0.25) is 0 Å². The van der Waals surface area contributed by atoms with E-state index in [-0.39, 0.29) is 18.6 Å². The van der Waals surface area contributed by atoms with Gasteiger partial charge >= 0.3 is 0 Å². The van der Waals surface area contributed by atoms with Crippen LogP contribution in [0, 0.1) is 6.92 Å². The normalized spacial score (nSPS) is 12.0. The van der Waals surface area contributed by atoms with E-state index in [0.717, 1.165) is 11.3 Å². The summed E-state index contributed by atoms with van der Waals surface area (Å²) < 4.78 is 16.2. The highest BCUT2D eigenvalue weighted by Gasteiger charge is 2.18. The van der Waals surface area contributed by atoms with Gasteiger partial charge < -0.3 is 19.2 Å². The number of benzene rings is 1. The lowest BCUT2D eigenvalue weighted by molar-refractivity contribution is -0.123. The average molecular weight is 332 g/mol. The molecule has 1 aromatic heterocycles. The van der Waals surface area contributed by atoms with Crippen molar-refractivity contribution in [1.82, 2.24) is 10.2 Å². The molecule has 130 valence electrons. The molecule has 0 aliphatic heterocycles. The minimum absolute atomic E-state index is 0.0298. The molecule has 6 heteroatoms. The third kappa shape index (κ3) is 4.76. The SMILES string of the molecule is COc1cc(C)ccc1OCC(=O)NCC(c1ccco1)N(C)C. The first-order valence-electron chi connectivity index (χ1n) is 7.75. The van der Waals surface area contributed by atoms with Gasteiger partial charge in [0.05, 0.1) is 19.4 Å². The highest BCUT2D eigenvalue weighted by Crippen LogP contribution is 2.27. The number of nitrogens with zero attached hydrogens (tertiary/aromatic N) is 1. The lowest BCUT2D eigenvalue weighted by atomic mass is 10.2. The number of carbonyl (C=O) groups is 1. The summed E-state index contributed by atoms with van der Waals surface area (Å²) in [6.45, 7) is 2.33. The maximum absolute atomic E-state index is 12.1. The molecule has 1 aromatic carbocycles. The standard InChI is InChI=1S/C18H24N2O4/c1-13-7-8-16(17(10-13)22-4)24-12-18(21)19-11-14(20(2)3)15-6-5-9-23-15/h5-10,14H,11-12H2,1-4H3,(H,19,21). The van der Waals surface area contributed by atoms with Crippen LogP contribution < -0.4 is 14.8 Å². The Labute approximate surface area is 142 Å². The Morgan fingerprint density at radius 3 is 2.71 bits per heavy atom. The molecule has 24 heavy (non-hydrogen) atoms. The second kappa shape index (κ2) is 8.40. The van der Waals surface area contributed by atoms with E-state index in [2.05, 4.69) is 5.32 Å². The summed E-state index contributed by atoms with van der Waals surface area (Å²) in [6.07, 6.45) is 1.63. The second-order valence-electron chi connectivity index (χ2n) is 5.74. The van der Waals surface area contributed by atoms with Gasteiger partial charge in [-0.15, -0.1) is 0 Å². The fourth-order valence-electron chi connectivity index (χ4n) is 2.32. The summed E-state index contributed by atoms with van der Waals surface area (Å²) in [5.74, 6) is 1.77. The maximum Gasteiger partial charge on any atom is 0.258 e. The van der Waals surface area contributed by atoms with Crippen molar-refractivity contribution < 1.29 is 18.7 Å². The highest BCUT2D eigenvalue weighted by atomic mass is 16.5. The predicted molar refractivity (Wildman–Crippen MR) is 91.4 cm³/mol. The van der Waals surface area contributed by atoms with E-state index in [1.807, 2.05) is 50.2 Å². The number of amides is 1. The van der Waals surface area contributed by atoms with E-state index in [0.29, 0.717) is 18.0 Å². The average Bonchev–Trinajstić information content (AvgIpc) is 3.07. The summed E-state index contributed by atoms with van der Waals surface area (Å²) in [7, 11) is 5.45. The molecule has 0 fully saturated rings. The van der Waals surface area contributed by atoms with Crippen LogP contribution in [0.1, 0.15) is 17.4 Å². The Morgan fingerprint density at radius 1 is 1.29 bits per heavy atom. The van der Waals surface area contributed by atoms with E-state index < -0.39 is 0 Å². The van der Waals surface area contributed by atoms with E-state index in [9.17, 15) is 4.79 Å². The van der Waals surface area contributed by atoms with Gasteiger partial charge in [0.1, 0.15) is 5.76 Å². The third-order valence-corrected chi connectivity index (χ3v) is 3.67. The monoisotopic (exact) mass is 332 g/mol. The van der Waals surface area contributed by atoms with Crippen molar-refractivity contribution in [3.63, 3.8) is 0 Å². The zero-order valence-corrected chi connectivity index (χ0v) is 14.5. The zero-order valence-electron chi connectivity index (χ0n) is 14.5. The minimum atomic E-state index is -0.198. The second-order valence-corrected chi connectivity index (χ2v) is 5.74. The van der Waals surface area contributed by atoms with E-state index in [1.165, 1.54) is 0 Å². The van der Waals surface area contributed by atoms with Crippen LogP contribution in [-0.2, 0) is 4.79 Å². The van der Waals surface area contributed by atoms with Gasteiger partial charge in [0.2, 0.25) is 0 Å². The molecule has 1 atom stereocenters. The maximum atomic E-state index is 12.1. The Hall–Kier alpha value is -2.47. The summed E-state index contributed by atoms with van der Waals surface area (Å²) >= 11 is 0. The van der Waals surface area contributed by atoms with Crippen LogP contribution in [-0.4, -0.2) is 45.2 Å². The van der Waals surface area contributed by atoms with Crippen LogP contribution >= 0.6 is 0 Å². The molecule has 0 radical (unpaired) electrons. The van der Waals surface area contributed by atoms with Crippen molar-refractivity contribution >= 4 is 5.91 Å². The molecule has 1 unspecified atom stereocenters. The molecule has 0 saturated heterocycles. The van der Waals surface area contributed by atoms with Gasteiger partial charge in [-0.05, 0) is 50.8 Å². The molecule has 2 aromatic rings. The number of hydrogen-bond acceptors (Lipinski definition) is 5. The Balaban J connectivity index is 1.87. The van der Waals surface area contributed by atoms with Crippen molar-refractivity contribution in [3.05, 3.63) is 47.9 Å². The number of nitrogens with one attached hydrogen (secondary N) is 1. The smallest absolute Gasteiger partial charge is 0.258 e. The van der Waals surface area contributed by atoms with Crippen molar-refractivity contribution in [1.29, 1.82) is 0 Å². The lowest BCUT2D eigenvalue weighted by Crippen LogP contribution is -2.36. The predicted octanol–water partition coefficient (Wildman–Crippen LogP) is 2.39. The van der Waals surface area contributed by atoms with Crippen LogP contribution in [0.25, 0.3) is 0 Å². The number of ether oxygens (including phenoxy) is 2. The van der Waals surface area contributed by atoms with Crippen molar-refractivity contribution in [2.45, 2.75) is 13.0 Å². The van der Waals surface area contributed by atoms with Gasteiger partial charge in [0.15, 0.2) is 18.1 Å². The van der Waals surface area contributed by atoms with Gasteiger partial charge in [-0.25, -0.2) is 0 Å². The first-order chi connectivity index (χ1) is 11.5. The lowest BCUT2D eigenvalue weighted by Gasteiger charge is -2.22.